The molecule has 0 aliphatic rings. The number of carbonyl (C=O) groups is 1. The second-order valence-electron chi connectivity index (χ2n) is 1.52. The standard InChI is InChI=1S/C5H6N2OS2/c6-4(3-8)10-5-7-1-2-9-5/h1-4H,6H2/t4-/m0/s1. The first-order chi connectivity index (χ1) is 4.83. The number of nitrogens with two attached hydrogens (primary N) is 1. The molecule has 0 saturated carbocycles. The van der Waals surface area contributed by atoms with Crippen molar-refractivity contribution in [3.8, 4) is 0 Å². The second-order valence-corrected chi connectivity index (χ2v) is 3.84. The molecule has 2 N–H and O–H groups in total. The fourth-order valence-corrected chi connectivity index (χ4v) is 1.90. The summed E-state index contributed by atoms with van der Waals surface area (Å²) < 4.78 is 0.833. The highest BCUT2D eigenvalue weighted by Crippen LogP contribution is 2.21. The molecule has 0 bridgehead atoms. The molecule has 1 heterocycles. The Hall–Kier alpha value is -0.390. The van der Waals surface area contributed by atoms with Gasteiger partial charge in [-0.3, -0.25) is 0 Å². The Kier molecular flexibility index (Phi) is 2.85. The third-order valence-electron chi connectivity index (χ3n) is 0.781. The summed E-state index contributed by atoms with van der Waals surface area (Å²) in [6.45, 7) is 0. The predicted octanol–water partition coefficient (Wildman–Crippen LogP) is 0.719. The number of nitrogens with zero attached hydrogens (tertiary/aromatic N) is 1. The second kappa shape index (κ2) is 3.70. The molecule has 0 fully saturated rings. The van der Waals surface area contributed by atoms with Gasteiger partial charge < -0.3 is 10.5 Å². The Morgan fingerprint density at radius 3 is 3.20 bits per heavy atom. The van der Waals surface area contributed by atoms with Gasteiger partial charge in [0.15, 0.2) is 4.34 Å². The van der Waals surface area contributed by atoms with Gasteiger partial charge in [-0.25, -0.2) is 4.98 Å². The molecule has 1 rings (SSSR count). The quantitative estimate of drug-likeness (QED) is 0.417. The molecular formula is C5H6N2OS2. The zero-order valence-corrected chi connectivity index (χ0v) is 6.69. The molecule has 0 unspecified atom stereocenters. The fraction of sp³-hybridized carbons (Fsp3) is 0.200. The van der Waals surface area contributed by atoms with E-state index in [-0.39, 0.29) is 0 Å². The van der Waals surface area contributed by atoms with E-state index < -0.39 is 5.37 Å². The summed E-state index contributed by atoms with van der Waals surface area (Å²) >= 11 is 2.75. The first-order valence-electron chi connectivity index (χ1n) is 2.60. The van der Waals surface area contributed by atoms with Crippen LogP contribution in [0, 0.1) is 0 Å². The van der Waals surface area contributed by atoms with E-state index in [2.05, 4.69) is 4.98 Å². The number of hydrogen-bond donors (Lipinski definition) is 1. The molecule has 0 saturated heterocycles. The van der Waals surface area contributed by atoms with Crippen LogP contribution in [0.3, 0.4) is 0 Å². The van der Waals surface area contributed by atoms with Crippen molar-refractivity contribution >= 4 is 29.4 Å². The van der Waals surface area contributed by atoms with E-state index in [0.29, 0.717) is 6.29 Å². The monoisotopic (exact) mass is 174 g/mol. The number of thioether (sulfide) groups is 1. The summed E-state index contributed by atoms with van der Waals surface area (Å²) in [5.41, 5.74) is 5.33. The molecule has 3 nitrogen and oxygen atoms in total. The highest BCUT2D eigenvalue weighted by Gasteiger charge is 2.03. The molecule has 0 aromatic carbocycles. The Morgan fingerprint density at radius 1 is 1.90 bits per heavy atom. The minimum Gasteiger partial charge on any atom is -0.313 e. The molecule has 0 aliphatic carbocycles. The molecule has 10 heavy (non-hydrogen) atoms. The van der Waals surface area contributed by atoms with E-state index in [1.165, 1.54) is 23.1 Å². The molecular weight excluding hydrogens is 168 g/mol. The summed E-state index contributed by atoms with van der Waals surface area (Å²) in [5, 5.41) is 1.37. The van der Waals surface area contributed by atoms with Crippen molar-refractivity contribution in [3.63, 3.8) is 0 Å². The number of hydrogen-bond acceptors (Lipinski definition) is 5. The summed E-state index contributed by atoms with van der Waals surface area (Å²) in [5.74, 6) is 0. The van der Waals surface area contributed by atoms with Crippen molar-refractivity contribution in [3.05, 3.63) is 11.6 Å². The van der Waals surface area contributed by atoms with Gasteiger partial charge in [0.25, 0.3) is 0 Å². The molecule has 0 spiro atoms. The average molecular weight is 174 g/mol. The molecule has 54 valence electrons. The third kappa shape index (κ3) is 2.09. The first kappa shape index (κ1) is 7.71. The van der Waals surface area contributed by atoms with Crippen molar-refractivity contribution in [2.75, 3.05) is 0 Å². The van der Waals surface area contributed by atoms with E-state index in [9.17, 15) is 4.79 Å². The van der Waals surface area contributed by atoms with E-state index in [4.69, 9.17) is 5.73 Å². The van der Waals surface area contributed by atoms with Crippen LogP contribution in [-0.2, 0) is 4.79 Å². The zero-order valence-electron chi connectivity index (χ0n) is 5.06. The lowest BCUT2D eigenvalue weighted by Crippen LogP contribution is -2.15. The minimum atomic E-state index is -0.480. The van der Waals surface area contributed by atoms with Gasteiger partial charge in [0.2, 0.25) is 0 Å². The Morgan fingerprint density at radius 2 is 2.70 bits per heavy atom. The SMILES string of the molecule is N[C@H](C=O)Sc1nccs1. The van der Waals surface area contributed by atoms with Gasteiger partial charge in [-0.15, -0.1) is 11.3 Å². The van der Waals surface area contributed by atoms with Gasteiger partial charge in [0.05, 0.1) is 0 Å². The summed E-state index contributed by atoms with van der Waals surface area (Å²) in [6, 6.07) is 0. The third-order valence-corrected chi connectivity index (χ3v) is 2.61. The van der Waals surface area contributed by atoms with Gasteiger partial charge in [-0.1, -0.05) is 11.8 Å². The Balaban J connectivity index is 2.47. The summed E-state index contributed by atoms with van der Waals surface area (Å²) in [7, 11) is 0. The maximum atomic E-state index is 10.1. The molecule has 1 aromatic rings. The van der Waals surface area contributed by atoms with Crippen LogP contribution >= 0.6 is 23.1 Å². The van der Waals surface area contributed by atoms with Crippen molar-refractivity contribution < 1.29 is 4.79 Å². The number of aromatic nitrogens is 1. The predicted molar refractivity (Wildman–Crippen MR) is 42.0 cm³/mol. The van der Waals surface area contributed by atoms with E-state index in [0.717, 1.165) is 4.34 Å². The number of carbonyl (C=O) groups excluding carboxylic acids is 1. The molecule has 0 aliphatic heterocycles. The van der Waals surface area contributed by atoms with Gasteiger partial charge in [-0.05, 0) is 0 Å². The minimum absolute atomic E-state index is 0.480. The topological polar surface area (TPSA) is 56.0 Å². The number of aldehydes is 1. The van der Waals surface area contributed by atoms with Crippen LogP contribution in [-0.4, -0.2) is 16.6 Å². The molecule has 1 aromatic heterocycles. The zero-order chi connectivity index (χ0) is 7.40. The van der Waals surface area contributed by atoms with Crippen LogP contribution in [0.25, 0.3) is 0 Å². The smallest absolute Gasteiger partial charge is 0.151 e. The van der Waals surface area contributed by atoms with Crippen LogP contribution in [0.1, 0.15) is 0 Å². The Labute approximate surface area is 66.6 Å². The maximum absolute atomic E-state index is 10.1. The van der Waals surface area contributed by atoms with E-state index in [1.54, 1.807) is 6.20 Å². The van der Waals surface area contributed by atoms with E-state index in [1.807, 2.05) is 5.38 Å². The highest BCUT2D eigenvalue weighted by atomic mass is 32.2. The van der Waals surface area contributed by atoms with Crippen molar-refractivity contribution in [2.45, 2.75) is 9.71 Å². The van der Waals surface area contributed by atoms with Gasteiger partial charge in [0.1, 0.15) is 11.7 Å². The van der Waals surface area contributed by atoms with Crippen LogP contribution < -0.4 is 5.73 Å². The summed E-state index contributed by atoms with van der Waals surface area (Å²) in [4.78, 5) is 14.0. The van der Waals surface area contributed by atoms with Gasteiger partial charge >= 0.3 is 0 Å². The van der Waals surface area contributed by atoms with Gasteiger partial charge in [0, 0.05) is 11.6 Å². The van der Waals surface area contributed by atoms with Crippen molar-refractivity contribution in [2.24, 2.45) is 5.73 Å². The number of thiazole rings is 1. The molecule has 0 amide bonds. The van der Waals surface area contributed by atoms with Gasteiger partial charge in [-0.2, -0.15) is 0 Å². The average Bonchev–Trinajstić information content (AvgIpc) is 2.40. The normalized spacial score (nSPS) is 12.9. The first-order valence-corrected chi connectivity index (χ1v) is 4.36. The van der Waals surface area contributed by atoms with Crippen LogP contribution in [0.2, 0.25) is 0 Å². The largest absolute Gasteiger partial charge is 0.313 e. The maximum Gasteiger partial charge on any atom is 0.151 e. The van der Waals surface area contributed by atoms with E-state index >= 15 is 0 Å². The fourth-order valence-electron chi connectivity index (χ4n) is 0.413. The Bertz CT molecular complexity index is 199. The molecule has 5 heteroatoms. The lowest BCUT2D eigenvalue weighted by atomic mass is 10.8. The van der Waals surface area contributed by atoms with Crippen LogP contribution in [0.4, 0.5) is 0 Å². The highest BCUT2D eigenvalue weighted by molar-refractivity contribution is 8.02. The van der Waals surface area contributed by atoms with Crippen LogP contribution in [0.15, 0.2) is 15.9 Å². The summed E-state index contributed by atoms with van der Waals surface area (Å²) in [6.07, 6.45) is 2.39. The lowest BCUT2D eigenvalue weighted by Gasteiger charge is -1.96. The van der Waals surface area contributed by atoms with Crippen LogP contribution in [0.5, 0.6) is 0 Å². The lowest BCUT2D eigenvalue weighted by molar-refractivity contribution is -0.107. The van der Waals surface area contributed by atoms with Crippen molar-refractivity contribution in [1.29, 1.82) is 0 Å². The number of rotatable bonds is 3. The molecule has 1 atom stereocenters. The molecule has 0 radical (unpaired) electrons. The van der Waals surface area contributed by atoms with Crippen molar-refractivity contribution in [1.82, 2.24) is 4.98 Å².